The number of carbonyl (C=O) groups excluding carboxylic acids is 2. The summed E-state index contributed by atoms with van der Waals surface area (Å²) < 4.78 is 22.4. The first-order valence-corrected chi connectivity index (χ1v) is 11.1. The lowest BCUT2D eigenvalue weighted by atomic mass is 10.0. The molecule has 0 atom stereocenters. The summed E-state index contributed by atoms with van der Waals surface area (Å²) in [5.74, 6) is 0.661. The summed E-state index contributed by atoms with van der Waals surface area (Å²) in [5.41, 5.74) is 1.74. The first-order chi connectivity index (χ1) is 15.8. The Kier molecular flexibility index (Phi) is 6.92. The second kappa shape index (κ2) is 9.37. The van der Waals surface area contributed by atoms with E-state index < -0.39 is 17.2 Å². The minimum Gasteiger partial charge on any atom is -0.496 e. The van der Waals surface area contributed by atoms with Crippen molar-refractivity contribution in [3.63, 3.8) is 0 Å². The van der Waals surface area contributed by atoms with Crippen LogP contribution in [0.15, 0.2) is 47.1 Å². The molecule has 3 aromatic rings. The maximum absolute atomic E-state index is 12.9. The monoisotopic (exact) mass is 464 g/mol. The Morgan fingerprint density at radius 3 is 2.21 bits per heavy atom. The Morgan fingerprint density at radius 1 is 0.971 bits per heavy atom. The molecule has 3 rings (SSSR count). The van der Waals surface area contributed by atoms with E-state index in [0.717, 1.165) is 22.1 Å². The summed E-state index contributed by atoms with van der Waals surface area (Å²) in [6.07, 6.45) is 4.81. The van der Waals surface area contributed by atoms with Gasteiger partial charge in [-0.1, -0.05) is 6.08 Å². The third-order valence-corrected chi connectivity index (χ3v) is 5.22. The lowest BCUT2D eigenvalue weighted by molar-refractivity contribution is -0.171. The minimum atomic E-state index is -1.15. The van der Waals surface area contributed by atoms with Gasteiger partial charge in [-0.05, 0) is 102 Å². The molecule has 34 heavy (non-hydrogen) atoms. The van der Waals surface area contributed by atoms with E-state index in [2.05, 4.69) is 0 Å². The first kappa shape index (κ1) is 25.1. The van der Waals surface area contributed by atoms with Crippen LogP contribution in [0.1, 0.15) is 61.7 Å². The molecule has 0 amide bonds. The Bertz CT molecular complexity index is 1230. The van der Waals surface area contributed by atoms with Gasteiger partial charge in [0, 0.05) is 0 Å². The Hall–Kier alpha value is -3.54. The van der Waals surface area contributed by atoms with E-state index in [1.807, 2.05) is 46.8 Å². The number of methoxy groups -OCH3 is 1. The number of aryl methyl sites for hydroxylation is 2. The highest BCUT2D eigenvalue weighted by Crippen LogP contribution is 2.32. The quantitative estimate of drug-likeness (QED) is 0.227. The van der Waals surface area contributed by atoms with E-state index >= 15 is 0 Å². The molecule has 0 N–H and O–H groups in total. The zero-order valence-electron chi connectivity index (χ0n) is 21.1. The summed E-state index contributed by atoms with van der Waals surface area (Å²) >= 11 is 0. The van der Waals surface area contributed by atoms with Gasteiger partial charge in [0.15, 0.2) is 11.4 Å². The number of allylic oxidation sites excluding steroid dienone is 1. The zero-order chi connectivity index (χ0) is 25.3. The third-order valence-electron chi connectivity index (χ3n) is 5.22. The summed E-state index contributed by atoms with van der Waals surface area (Å²) in [6.45, 7) is 12.7. The molecule has 0 saturated heterocycles. The predicted octanol–water partition coefficient (Wildman–Crippen LogP) is 6.45. The summed E-state index contributed by atoms with van der Waals surface area (Å²) in [4.78, 5) is 25.5. The molecule has 1 heterocycles. The largest absolute Gasteiger partial charge is 0.496 e. The van der Waals surface area contributed by atoms with E-state index in [4.69, 9.17) is 18.6 Å². The van der Waals surface area contributed by atoms with Crippen LogP contribution in [-0.4, -0.2) is 30.1 Å². The van der Waals surface area contributed by atoms with Crippen LogP contribution in [0.5, 0.6) is 11.5 Å². The predicted molar refractivity (Wildman–Crippen MR) is 133 cm³/mol. The maximum Gasteiger partial charge on any atom is 0.350 e. The van der Waals surface area contributed by atoms with E-state index in [0.29, 0.717) is 22.6 Å². The van der Waals surface area contributed by atoms with Crippen LogP contribution in [0.3, 0.4) is 0 Å². The van der Waals surface area contributed by atoms with Crippen LogP contribution in [0.25, 0.3) is 17.0 Å². The molecule has 0 bridgehead atoms. The number of ketones is 1. The van der Waals surface area contributed by atoms with Gasteiger partial charge >= 0.3 is 5.97 Å². The van der Waals surface area contributed by atoms with Crippen molar-refractivity contribution < 1.29 is 28.2 Å². The van der Waals surface area contributed by atoms with E-state index in [-0.39, 0.29) is 5.78 Å². The number of esters is 1. The fraction of sp³-hybridized carbons (Fsp3) is 0.357. The highest BCUT2D eigenvalue weighted by molar-refractivity contribution is 6.14. The highest BCUT2D eigenvalue weighted by Gasteiger charge is 2.35. The Labute approximate surface area is 200 Å². The number of furan rings is 1. The van der Waals surface area contributed by atoms with Crippen molar-refractivity contribution in [1.82, 2.24) is 0 Å². The highest BCUT2D eigenvalue weighted by atomic mass is 16.6. The summed E-state index contributed by atoms with van der Waals surface area (Å²) in [6, 6.07) is 9.05. The number of benzene rings is 2. The summed E-state index contributed by atoms with van der Waals surface area (Å²) in [5, 5.41) is 0.752. The molecule has 0 radical (unpaired) electrons. The standard InChI is InChI=1S/C28H32O6/c1-17-15-19(16-18(2)24(17)33-28(6,7)26(30)34-27(3,4)5)9-11-22(29)20-10-12-23(31-8)21-13-14-32-25(20)21/h9-16H,1-8H3/b11-9+. The molecule has 0 aliphatic rings. The zero-order valence-corrected chi connectivity index (χ0v) is 21.1. The van der Waals surface area contributed by atoms with Gasteiger partial charge in [-0.15, -0.1) is 0 Å². The Morgan fingerprint density at radius 2 is 1.62 bits per heavy atom. The van der Waals surface area contributed by atoms with Crippen LogP contribution in [-0.2, 0) is 9.53 Å². The van der Waals surface area contributed by atoms with Crippen molar-refractivity contribution in [2.24, 2.45) is 0 Å². The van der Waals surface area contributed by atoms with Gasteiger partial charge < -0.3 is 18.6 Å². The fourth-order valence-corrected chi connectivity index (χ4v) is 3.61. The molecule has 180 valence electrons. The lowest BCUT2D eigenvalue weighted by Crippen LogP contribution is -2.43. The topological polar surface area (TPSA) is 75.0 Å². The number of hydrogen-bond donors (Lipinski definition) is 0. The average molecular weight is 465 g/mol. The van der Waals surface area contributed by atoms with Crippen molar-refractivity contribution in [2.45, 2.75) is 59.7 Å². The van der Waals surface area contributed by atoms with Crippen molar-refractivity contribution in [1.29, 1.82) is 0 Å². The molecule has 0 aliphatic heterocycles. The van der Waals surface area contributed by atoms with Gasteiger partial charge in [0.05, 0.1) is 24.3 Å². The van der Waals surface area contributed by atoms with Crippen molar-refractivity contribution in [3.8, 4) is 11.5 Å². The van der Waals surface area contributed by atoms with Crippen molar-refractivity contribution in [2.75, 3.05) is 7.11 Å². The fourth-order valence-electron chi connectivity index (χ4n) is 3.61. The minimum absolute atomic E-state index is 0.177. The number of hydrogen-bond acceptors (Lipinski definition) is 6. The number of carbonyl (C=O) groups is 2. The van der Waals surface area contributed by atoms with E-state index in [9.17, 15) is 9.59 Å². The molecule has 1 aromatic heterocycles. The number of ether oxygens (including phenoxy) is 3. The Balaban J connectivity index is 1.82. The molecule has 0 unspecified atom stereocenters. The van der Waals surface area contributed by atoms with Crippen LogP contribution >= 0.6 is 0 Å². The van der Waals surface area contributed by atoms with Gasteiger partial charge in [0.2, 0.25) is 0 Å². The molecule has 6 heteroatoms. The van der Waals surface area contributed by atoms with Gasteiger partial charge in [-0.2, -0.15) is 0 Å². The molecule has 2 aromatic carbocycles. The number of fused-ring (bicyclic) bond motifs is 1. The van der Waals surface area contributed by atoms with Gasteiger partial charge in [-0.3, -0.25) is 4.79 Å². The van der Waals surface area contributed by atoms with Crippen LogP contribution < -0.4 is 9.47 Å². The molecule has 6 nitrogen and oxygen atoms in total. The average Bonchev–Trinajstić information content (AvgIpc) is 3.22. The third kappa shape index (κ3) is 5.50. The second-order valence-electron chi connectivity index (χ2n) is 9.77. The molecule has 0 saturated carbocycles. The van der Waals surface area contributed by atoms with Crippen LogP contribution in [0.4, 0.5) is 0 Å². The normalized spacial score (nSPS) is 12.2. The second-order valence-corrected chi connectivity index (χ2v) is 9.77. The van der Waals surface area contributed by atoms with E-state index in [1.54, 1.807) is 45.2 Å². The summed E-state index contributed by atoms with van der Waals surface area (Å²) in [7, 11) is 1.58. The van der Waals surface area contributed by atoms with E-state index in [1.165, 1.54) is 12.3 Å². The molecule has 0 spiro atoms. The molecule has 0 aliphatic carbocycles. The number of rotatable bonds is 7. The van der Waals surface area contributed by atoms with Gasteiger partial charge in [-0.25, -0.2) is 4.79 Å². The van der Waals surface area contributed by atoms with Crippen LogP contribution in [0.2, 0.25) is 0 Å². The smallest absolute Gasteiger partial charge is 0.350 e. The lowest BCUT2D eigenvalue weighted by Gasteiger charge is -2.30. The maximum atomic E-state index is 12.9. The molecule has 0 fully saturated rings. The SMILES string of the molecule is COc1ccc(C(=O)/C=C/c2cc(C)c(OC(C)(C)C(=O)OC(C)(C)C)c(C)c2)c2occc12. The van der Waals surface area contributed by atoms with Crippen molar-refractivity contribution in [3.05, 3.63) is 64.9 Å². The van der Waals surface area contributed by atoms with Gasteiger partial charge in [0.25, 0.3) is 0 Å². The van der Waals surface area contributed by atoms with Gasteiger partial charge in [0.1, 0.15) is 22.7 Å². The molecular formula is C28H32O6. The first-order valence-electron chi connectivity index (χ1n) is 11.1. The van der Waals surface area contributed by atoms with Crippen LogP contribution in [0, 0.1) is 13.8 Å². The molecular weight excluding hydrogens is 432 g/mol. The van der Waals surface area contributed by atoms with Crippen molar-refractivity contribution >= 4 is 28.8 Å².